The molecule has 6 heteroatoms. The minimum Gasteiger partial charge on any atom is -0.379 e. The second kappa shape index (κ2) is 6.67. The van der Waals surface area contributed by atoms with Gasteiger partial charge < -0.3 is 5.32 Å². The summed E-state index contributed by atoms with van der Waals surface area (Å²) in [6, 6.07) is 4.64. The summed E-state index contributed by atoms with van der Waals surface area (Å²) in [6.45, 7) is 6.45. The maximum atomic E-state index is 13.2. The number of anilines is 2. The van der Waals surface area contributed by atoms with Crippen LogP contribution < -0.4 is 10.2 Å². The molecule has 1 heterocycles. The van der Waals surface area contributed by atoms with Crippen molar-refractivity contribution in [1.82, 2.24) is 4.98 Å². The van der Waals surface area contributed by atoms with E-state index in [0.29, 0.717) is 18.2 Å². The normalized spacial score (nSPS) is 10.5. The van der Waals surface area contributed by atoms with Crippen LogP contribution in [0.25, 0.3) is 0 Å². The van der Waals surface area contributed by atoms with Gasteiger partial charge in [-0.3, -0.25) is 9.69 Å². The van der Waals surface area contributed by atoms with Gasteiger partial charge in [0.1, 0.15) is 5.82 Å². The fraction of sp³-hybridized carbons (Fsp3) is 0.333. The van der Waals surface area contributed by atoms with E-state index in [4.69, 9.17) is 0 Å². The van der Waals surface area contributed by atoms with Crippen molar-refractivity contribution in [3.8, 4) is 0 Å². The van der Waals surface area contributed by atoms with Crippen molar-refractivity contribution >= 4 is 28.1 Å². The number of halogens is 1. The van der Waals surface area contributed by atoms with Crippen LogP contribution in [-0.2, 0) is 11.3 Å². The molecule has 112 valence electrons. The number of carbonyl (C=O) groups is 1. The maximum absolute atomic E-state index is 13.2. The van der Waals surface area contributed by atoms with Crippen LogP contribution in [0.2, 0.25) is 0 Å². The molecule has 0 bridgehead atoms. The number of nitrogens with one attached hydrogen (secondary N) is 1. The Morgan fingerprint density at radius 3 is 2.90 bits per heavy atom. The Bertz CT molecular complexity index is 642. The van der Waals surface area contributed by atoms with Gasteiger partial charge in [-0.05, 0) is 31.5 Å². The van der Waals surface area contributed by atoms with Gasteiger partial charge in [-0.25, -0.2) is 9.37 Å². The standard InChI is InChI=1S/C15H18FN3OS/c1-4-19(11(3)20)15-18-13(9-21-15)8-17-14-7-12(16)6-5-10(14)2/h5-7,9,17H,4,8H2,1-3H3. The highest BCUT2D eigenvalue weighted by Gasteiger charge is 2.13. The lowest BCUT2D eigenvalue weighted by Gasteiger charge is -2.14. The average Bonchev–Trinajstić information content (AvgIpc) is 2.89. The predicted molar refractivity (Wildman–Crippen MR) is 84.3 cm³/mol. The SMILES string of the molecule is CCN(C(C)=O)c1nc(CNc2cc(F)ccc2C)cs1. The van der Waals surface area contributed by atoms with Crippen LogP contribution in [0.4, 0.5) is 15.2 Å². The first-order valence-electron chi connectivity index (χ1n) is 6.73. The van der Waals surface area contributed by atoms with Gasteiger partial charge in [0.25, 0.3) is 0 Å². The van der Waals surface area contributed by atoms with Gasteiger partial charge in [0.2, 0.25) is 5.91 Å². The average molecular weight is 307 g/mol. The minimum absolute atomic E-state index is 0.0210. The topological polar surface area (TPSA) is 45.2 Å². The molecular formula is C15H18FN3OS. The molecule has 0 spiro atoms. The third-order valence-electron chi connectivity index (χ3n) is 3.13. The van der Waals surface area contributed by atoms with E-state index in [1.807, 2.05) is 19.2 Å². The van der Waals surface area contributed by atoms with Crippen LogP contribution in [0.15, 0.2) is 23.6 Å². The number of nitrogens with zero attached hydrogens (tertiary/aromatic N) is 2. The lowest BCUT2D eigenvalue weighted by molar-refractivity contribution is -0.116. The summed E-state index contributed by atoms with van der Waals surface area (Å²) in [5.41, 5.74) is 2.56. The molecule has 21 heavy (non-hydrogen) atoms. The molecule has 4 nitrogen and oxygen atoms in total. The Labute approximate surface area is 127 Å². The molecule has 0 atom stereocenters. The van der Waals surface area contributed by atoms with Gasteiger partial charge in [0, 0.05) is 24.5 Å². The summed E-state index contributed by atoms with van der Waals surface area (Å²) in [7, 11) is 0. The smallest absolute Gasteiger partial charge is 0.225 e. The summed E-state index contributed by atoms with van der Waals surface area (Å²) < 4.78 is 13.2. The van der Waals surface area contributed by atoms with Crippen molar-refractivity contribution in [3.63, 3.8) is 0 Å². The van der Waals surface area contributed by atoms with E-state index < -0.39 is 0 Å². The third-order valence-corrected chi connectivity index (χ3v) is 4.04. The first kappa shape index (κ1) is 15.4. The van der Waals surface area contributed by atoms with Gasteiger partial charge in [0.15, 0.2) is 5.13 Å². The molecule has 1 amide bonds. The zero-order valence-electron chi connectivity index (χ0n) is 12.3. The Morgan fingerprint density at radius 2 is 2.24 bits per heavy atom. The Morgan fingerprint density at radius 1 is 1.48 bits per heavy atom. The van der Waals surface area contributed by atoms with E-state index in [9.17, 15) is 9.18 Å². The van der Waals surface area contributed by atoms with Crippen LogP contribution in [0.3, 0.4) is 0 Å². The highest BCUT2D eigenvalue weighted by molar-refractivity contribution is 7.14. The highest BCUT2D eigenvalue weighted by atomic mass is 32.1. The van der Waals surface area contributed by atoms with E-state index in [-0.39, 0.29) is 11.7 Å². The molecule has 0 aliphatic heterocycles. The minimum atomic E-state index is -0.268. The zero-order chi connectivity index (χ0) is 15.4. The number of thiazole rings is 1. The van der Waals surface area contributed by atoms with Crippen molar-refractivity contribution in [2.75, 3.05) is 16.8 Å². The third kappa shape index (κ3) is 3.78. The number of hydrogen-bond donors (Lipinski definition) is 1. The molecule has 0 saturated heterocycles. The Kier molecular flexibility index (Phi) is 4.90. The van der Waals surface area contributed by atoms with Crippen molar-refractivity contribution in [2.45, 2.75) is 27.3 Å². The number of hydrogen-bond acceptors (Lipinski definition) is 4. The van der Waals surface area contributed by atoms with Crippen LogP contribution >= 0.6 is 11.3 Å². The van der Waals surface area contributed by atoms with E-state index in [0.717, 1.165) is 16.9 Å². The number of benzene rings is 1. The molecule has 0 aliphatic carbocycles. The number of carbonyl (C=O) groups excluding carboxylic acids is 1. The van der Waals surface area contributed by atoms with E-state index in [1.165, 1.54) is 30.4 Å². The monoisotopic (exact) mass is 307 g/mol. The lowest BCUT2D eigenvalue weighted by atomic mass is 10.2. The van der Waals surface area contributed by atoms with Gasteiger partial charge in [-0.15, -0.1) is 11.3 Å². The second-order valence-electron chi connectivity index (χ2n) is 4.70. The maximum Gasteiger partial charge on any atom is 0.225 e. The van der Waals surface area contributed by atoms with Gasteiger partial charge >= 0.3 is 0 Å². The lowest BCUT2D eigenvalue weighted by Crippen LogP contribution is -2.27. The van der Waals surface area contributed by atoms with Gasteiger partial charge in [-0.2, -0.15) is 0 Å². The number of rotatable bonds is 5. The molecule has 0 fully saturated rings. The molecule has 1 aromatic carbocycles. The van der Waals surface area contributed by atoms with Crippen LogP contribution in [0, 0.1) is 12.7 Å². The second-order valence-corrected chi connectivity index (χ2v) is 5.53. The Hall–Kier alpha value is -1.95. The van der Waals surface area contributed by atoms with Gasteiger partial charge in [-0.1, -0.05) is 6.07 Å². The first-order valence-corrected chi connectivity index (χ1v) is 7.61. The van der Waals surface area contributed by atoms with E-state index in [1.54, 1.807) is 11.0 Å². The fourth-order valence-electron chi connectivity index (χ4n) is 1.96. The fourth-order valence-corrected chi connectivity index (χ4v) is 2.90. The van der Waals surface area contributed by atoms with Crippen LogP contribution in [0.1, 0.15) is 25.1 Å². The molecule has 2 rings (SSSR count). The summed E-state index contributed by atoms with van der Waals surface area (Å²) >= 11 is 1.43. The predicted octanol–water partition coefficient (Wildman–Crippen LogP) is 3.58. The molecule has 1 N–H and O–H groups in total. The van der Waals surface area contributed by atoms with Crippen molar-refractivity contribution in [3.05, 3.63) is 40.7 Å². The highest BCUT2D eigenvalue weighted by Crippen LogP contribution is 2.22. The van der Waals surface area contributed by atoms with E-state index >= 15 is 0 Å². The summed E-state index contributed by atoms with van der Waals surface area (Å²) in [5, 5.41) is 5.77. The largest absolute Gasteiger partial charge is 0.379 e. The molecule has 1 aromatic heterocycles. The summed E-state index contributed by atoms with van der Waals surface area (Å²) in [5.74, 6) is -0.289. The molecule has 0 aliphatic rings. The van der Waals surface area contributed by atoms with Crippen molar-refractivity contribution < 1.29 is 9.18 Å². The summed E-state index contributed by atoms with van der Waals surface area (Å²) in [6.07, 6.45) is 0. The molecule has 2 aromatic rings. The molecular weight excluding hydrogens is 289 g/mol. The molecule has 0 saturated carbocycles. The van der Waals surface area contributed by atoms with Crippen molar-refractivity contribution in [1.29, 1.82) is 0 Å². The molecule has 0 unspecified atom stereocenters. The Balaban J connectivity index is 2.06. The number of amides is 1. The zero-order valence-corrected chi connectivity index (χ0v) is 13.1. The van der Waals surface area contributed by atoms with Crippen LogP contribution in [0.5, 0.6) is 0 Å². The van der Waals surface area contributed by atoms with Gasteiger partial charge in [0.05, 0.1) is 12.2 Å². The quantitative estimate of drug-likeness (QED) is 0.918. The van der Waals surface area contributed by atoms with E-state index in [2.05, 4.69) is 10.3 Å². The molecule has 0 radical (unpaired) electrons. The van der Waals surface area contributed by atoms with Crippen molar-refractivity contribution in [2.24, 2.45) is 0 Å². The first-order chi connectivity index (χ1) is 10.0. The van der Waals surface area contributed by atoms with Crippen LogP contribution in [-0.4, -0.2) is 17.4 Å². The number of aromatic nitrogens is 1. The number of aryl methyl sites for hydroxylation is 1. The summed E-state index contributed by atoms with van der Waals surface area (Å²) in [4.78, 5) is 17.5.